The molecule has 0 saturated carbocycles. The number of hydrogen-bond donors (Lipinski definition) is 0. The summed E-state index contributed by atoms with van der Waals surface area (Å²) in [4.78, 5) is 22.7. The van der Waals surface area contributed by atoms with Crippen molar-refractivity contribution in [3.63, 3.8) is 0 Å². The van der Waals surface area contributed by atoms with E-state index in [-0.39, 0.29) is 6.42 Å². The van der Waals surface area contributed by atoms with E-state index >= 15 is 0 Å². The summed E-state index contributed by atoms with van der Waals surface area (Å²) in [7, 11) is 4.35. The standard InChI is InChI=1S/C10H12BrNO4/c1-12-7(5-9(13)15-2)6(4-8(12)11)10(14)16-3/h4H,5H2,1-3H3. The number of ether oxygens (including phenoxy) is 2. The smallest absolute Gasteiger partial charge is 0.339 e. The number of rotatable bonds is 3. The van der Waals surface area contributed by atoms with Gasteiger partial charge in [-0.2, -0.15) is 0 Å². The molecule has 88 valence electrons. The third kappa shape index (κ3) is 2.44. The summed E-state index contributed by atoms with van der Waals surface area (Å²) >= 11 is 3.28. The van der Waals surface area contributed by atoms with Gasteiger partial charge in [-0.3, -0.25) is 4.79 Å². The fourth-order valence-corrected chi connectivity index (χ4v) is 1.76. The minimum absolute atomic E-state index is 0.0308. The van der Waals surface area contributed by atoms with Gasteiger partial charge in [0.15, 0.2) is 0 Å². The summed E-state index contributed by atoms with van der Waals surface area (Å²) in [5, 5.41) is 0. The first-order chi connectivity index (χ1) is 7.51. The van der Waals surface area contributed by atoms with E-state index in [9.17, 15) is 9.59 Å². The number of esters is 2. The molecule has 5 nitrogen and oxygen atoms in total. The van der Waals surface area contributed by atoms with E-state index in [1.165, 1.54) is 14.2 Å². The van der Waals surface area contributed by atoms with Crippen LogP contribution < -0.4 is 0 Å². The number of aromatic nitrogens is 1. The third-order valence-electron chi connectivity index (χ3n) is 2.24. The number of nitrogens with zero attached hydrogens (tertiary/aromatic N) is 1. The molecular weight excluding hydrogens is 278 g/mol. The fourth-order valence-electron chi connectivity index (χ4n) is 1.32. The van der Waals surface area contributed by atoms with Gasteiger partial charge < -0.3 is 14.0 Å². The maximum absolute atomic E-state index is 11.5. The van der Waals surface area contributed by atoms with Crippen LogP contribution >= 0.6 is 15.9 Å². The molecule has 0 fully saturated rings. The highest BCUT2D eigenvalue weighted by atomic mass is 79.9. The van der Waals surface area contributed by atoms with Crippen LogP contribution in [0.3, 0.4) is 0 Å². The number of hydrogen-bond acceptors (Lipinski definition) is 4. The highest BCUT2D eigenvalue weighted by Gasteiger charge is 2.20. The average Bonchev–Trinajstić information content (AvgIpc) is 2.56. The maximum atomic E-state index is 11.5. The molecule has 0 N–H and O–H groups in total. The van der Waals surface area contributed by atoms with E-state index in [0.29, 0.717) is 15.9 Å². The summed E-state index contributed by atoms with van der Waals surface area (Å²) in [6.45, 7) is 0. The van der Waals surface area contributed by atoms with E-state index in [1.807, 2.05) is 0 Å². The summed E-state index contributed by atoms with van der Waals surface area (Å²) in [6, 6.07) is 1.62. The van der Waals surface area contributed by atoms with Crippen molar-refractivity contribution in [2.24, 2.45) is 7.05 Å². The van der Waals surface area contributed by atoms with Crippen molar-refractivity contribution < 1.29 is 19.1 Å². The second kappa shape index (κ2) is 5.16. The van der Waals surface area contributed by atoms with Gasteiger partial charge >= 0.3 is 11.9 Å². The predicted octanol–water partition coefficient (Wildman–Crippen LogP) is 1.29. The molecule has 0 atom stereocenters. The Morgan fingerprint density at radius 3 is 2.50 bits per heavy atom. The molecule has 1 aromatic heterocycles. The molecule has 16 heavy (non-hydrogen) atoms. The number of carbonyl (C=O) groups is 2. The van der Waals surface area contributed by atoms with Crippen LogP contribution in [0.1, 0.15) is 16.1 Å². The Balaban J connectivity index is 3.13. The van der Waals surface area contributed by atoms with E-state index in [1.54, 1.807) is 17.7 Å². The van der Waals surface area contributed by atoms with Gasteiger partial charge in [-0.1, -0.05) is 0 Å². The van der Waals surface area contributed by atoms with Crippen LogP contribution in [-0.2, 0) is 27.7 Å². The quantitative estimate of drug-likeness (QED) is 0.787. The van der Waals surface area contributed by atoms with E-state index in [4.69, 9.17) is 0 Å². The number of methoxy groups -OCH3 is 2. The summed E-state index contributed by atoms with van der Waals surface area (Å²) in [6.07, 6.45) is 0.0308. The van der Waals surface area contributed by atoms with Gasteiger partial charge in [-0.15, -0.1) is 0 Å². The predicted molar refractivity (Wildman–Crippen MR) is 60.2 cm³/mol. The van der Waals surface area contributed by atoms with Crippen molar-refractivity contribution in [3.05, 3.63) is 21.9 Å². The molecule has 0 spiro atoms. The van der Waals surface area contributed by atoms with Gasteiger partial charge in [0.1, 0.15) is 0 Å². The highest BCUT2D eigenvalue weighted by molar-refractivity contribution is 9.10. The monoisotopic (exact) mass is 289 g/mol. The molecule has 1 heterocycles. The Morgan fingerprint density at radius 1 is 1.38 bits per heavy atom. The summed E-state index contributed by atoms with van der Waals surface area (Å²) in [5.74, 6) is -0.876. The van der Waals surface area contributed by atoms with Crippen molar-refractivity contribution in [1.82, 2.24) is 4.57 Å². The lowest BCUT2D eigenvalue weighted by molar-refractivity contribution is -0.139. The SMILES string of the molecule is COC(=O)Cc1c(C(=O)OC)cc(Br)n1C. The number of carbonyl (C=O) groups excluding carboxylic acids is 2. The van der Waals surface area contributed by atoms with Gasteiger partial charge in [0, 0.05) is 12.7 Å². The van der Waals surface area contributed by atoms with Gasteiger partial charge in [0.2, 0.25) is 0 Å². The maximum Gasteiger partial charge on any atom is 0.339 e. The molecule has 0 unspecified atom stereocenters. The molecule has 0 aliphatic rings. The van der Waals surface area contributed by atoms with Crippen LogP contribution in [0.4, 0.5) is 0 Å². The van der Waals surface area contributed by atoms with E-state index in [2.05, 4.69) is 25.4 Å². The Morgan fingerprint density at radius 2 is 2.00 bits per heavy atom. The lowest BCUT2D eigenvalue weighted by Crippen LogP contribution is -2.13. The molecule has 0 aliphatic heterocycles. The summed E-state index contributed by atoms with van der Waals surface area (Å²) in [5.41, 5.74) is 0.924. The van der Waals surface area contributed by atoms with Crippen LogP contribution in [-0.4, -0.2) is 30.7 Å². The number of halogens is 1. The summed E-state index contributed by atoms with van der Waals surface area (Å²) < 4.78 is 11.6. The Kier molecular flexibility index (Phi) is 4.12. The van der Waals surface area contributed by atoms with Gasteiger partial charge in [-0.05, 0) is 22.0 Å². The molecule has 6 heteroatoms. The Hall–Kier alpha value is -1.30. The lowest BCUT2D eigenvalue weighted by atomic mass is 10.2. The molecule has 0 amide bonds. The van der Waals surface area contributed by atoms with Crippen LogP contribution in [0.2, 0.25) is 0 Å². The fraction of sp³-hybridized carbons (Fsp3) is 0.400. The zero-order valence-electron chi connectivity index (χ0n) is 9.24. The average molecular weight is 290 g/mol. The largest absolute Gasteiger partial charge is 0.469 e. The Bertz CT molecular complexity index is 425. The van der Waals surface area contributed by atoms with Gasteiger partial charge in [0.25, 0.3) is 0 Å². The topological polar surface area (TPSA) is 57.5 Å². The van der Waals surface area contributed by atoms with E-state index < -0.39 is 11.9 Å². The van der Waals surface area contributed by atoms with Gasteiger partial charge in [0.05, 0.1) is 30.8 Å². The van der Waals surface area contributed by atoms with Crippen molar-refractivity contribution >= 4 is 27.9 Å². The van der Waals surface area contributed by atoms with Crippen LogP contribution in [0.15, 0.2) is 10.7 Å². The first kappa shape index (κ1) is 12.8. The molecule has 0 aliphatic carbocycles. The molecule has 0 aromatic carbocycles. The van der Waals surface area contributed by atoms with Gasteiger partial charge in [-0.25, -0.2) is 4.79 Å². The molecule has 0 bridgehead atoms. The normalized spacial score (nSPS) is 10.0. The van der Waals surface area contributed by atoms with E-state index in [0.717, 1.165) is 0 Å². The highest BCUT2D eigenvalue weighted by Crippen LogP contribution is 2.21. The minimum Gasteiger partial charge on any atom is -0.469 e. The second-order valence-electron chi connectivity index (χ2n) is 3.13. The molecular formula is C10H12BrNO4. The van der Waals surface area contributed by atoms with Crippen LogP contribution in [0.5, 0.6) is 0 Å². The molecule has 1 aromatic rings. The van der Waals surface area contributed by atoms with Crippen molar-refractivity contribution in [1.29, 1.82) is 0 Å². The third-order valence-corrected chi connectivity index (χ3v) is 3.01. The minimum atomic E-state index is -0.472. The Labute approximate surface area is 101 Å². The lowest BCUT2D eigenvalue weighted by Gasteiger charge is -2.05. The van der Waals surface area contributed by atoms with Crippen molar-refractivity contribution in [2.45, 2.75) is 6.42 Å². The zero-order chi connectivity index (χ0) is 12.3. The second-order valence-corrected chi connectivity index (χ2v) is 3.94. The first-order valence-corrected chi connectivity index (χ1v) is 5.29. The van der Waals surface area contributed by atoms with Crippen LogP contribution in [0, 0.1) is 0 Å². The first-order valence-electron chi connectivity index (χ1n) is 4.50. The molecule has 1 rings (SSSR count). The molecule has 0 radical (unpaired) electrons. The molecule has 0 saturated heterocycles. The van der Waals surface area contributed by atoms with Crippen LogP contribution in [0.25, 0.3) is 0 Å². The van der Waals surface area contributed by atoms with Crippen molar-refractivity contribution in [2.75, 3.05) is 14.2 Å². The zero-order valence-corrected chi connectivity index (χ0v) is 10.8. The van der Waals surface area contributed by atoms with Crippen molar-refractivity contribution in [3.8, 4) is 0 Å².